The highest BCUT2D eigenvalue weighted by molar-refractivity contribution is 5.90. The Morgan fingerprint density at radius 2 is 1.93 bits per heavy atom. The molecule has 148 valence electrons. The third-order valence-electron chi connectivity index (χ3n) is 5.15. The standard InChI is InChI=1S/C22H21FN4O2/c1-3-27(12-20-25-18-7-5-4-6-15(18)22(29)26-20)21(28)11-16-13(2)24-19-9-8-14(23)10-17(16)19/h4-10,24H,3,11-12H2,1-2H3,(H,25,26,29). The lowest BCUT2D eigenvalue weighted by molar-refractivity contribution is -0.131. The molecule has 2 N–H and O–H groups in total. The van der Waals surface area contributed by atoms with Crippen LogP contribution in [0.1, 0.15) is 24.0 Å². The van der Waals surface area contributed by atoms with Gasteiger partial charge in [-0.25, -0.2) is 9.37 Å². The molecule has 0 saturated heterocycles. The number of fused-ring (bicyclic) bond motifs is 2. The number of para-hydroxylation sites is 1. The van der Waals surface area contributed by atoms with Crippen molar-refractivity contribution in [2.75, 3.05) is 6.54 Å². The molecule has 6 nitrogen and oxygen atoms in total. The highest BCUT2D eigenvalue weighted by Crippen LogP contribution is 2.24. The summed E-state index contributed by atoms with van der Waals surface area (Å²) in [5, 5.41) is 1.23. The number of aromatic amines is 2. The van der Waals surface area contributed by atoms with Gasteiger partial charge in [0.05, 0.1) is 23.9 Å². The van der Waals surface area contributed by atoms with Crippen molar-refractivity contribution in [3.63, 3.8) is 0 Å². The van der Waals surface area contributed by atoms with E-state index in [1.54, 1.807) is 29.2 Å². The Bertz CT molecular complexity index is 1280. The monoisotopic (exact) mass is 392 g/mol. The van der Waals surface area contributed by atoms with E-state index in [9.17, 15) is 14.0 Å². The van der Waals surface area contributed by atoms with Gasteiger partial charge in [0.25, 0.3) is 5.56 Å². The number of H-pyrrole nitrogens is 2. The maximum Gasteiger partial charge on any atom is 0.258 e. The van der Waals surface area contributed by atoms with E-state index in [1.165, 1.54) is 12.1 Å². The van der Waals surface area contributed by atoms with Gasteiger partial charge in [-0.15, -0.1) is 0 Å². The van der Waals surface area contributed by atoms with Crippen molar-refractivity contribution >= 4 is 27.7 Å². The van der Waals surface area contributed by atoms with Crippen LogP contribution in [0.4, 0.5) is 4.39 Å². The molecule has 4 rings (SSSR count). The van der Waals surface area contributed by atoms with Gasteiger partial charge in [-0.2, -0.15) is 0 Å². The van der Waals surface area contributed by atoms with Crippen molar-refractivity contribution in [1.29, 1.82) is 0 Å². The summed E-state index contributed by atoms with van der Waals surface area (Å²) < 4.78 is 13.7. The average Bonchev–Trinajstić information content (AvgIpc) is 3.01. The van der Waals surface area contributed by atoms with E-state index in [-0.39, 0.29) is 30.2 Å². The van der Waals surface area contributed by atoms with Crippen LogP contribution in [0.5, 0.6) is 0 Å². The number of hydrogen-bond donors (Lipinski definition) is 2. The van der Waals surface area contributed by atoms with Crippen LogP contribution in [0.15, 0.2) is 47.3 Å². The smallest absolute Gasteiger partial charge is 0.258 e. The molecule has 2 aromatic carbocycles. The molecule has 1 amide bonds. The molecule has 0 unspecified atom stereocenters. The number of nitrogens with zero attached hydrogens (tertiary/aromatic N) is 2. The van der Waals surface area contributed by atoms with E-state index in [4.69, 9.17) is 0 Å². The van der Waals surface area contributed by atoms with Crippen LogP contribution < -0.4 is 5.56 Å². The number of benzene rings is 2. The predicted molar refractivity (Wildman–Crippen MR) is 110 cm³/mol. The Kier molecular flexibility index (Phi) is 4.88. The fraction of sp³-hybridized carbons (Fsp3) is 0.227. The summed E-state index contributed by atoms with van der Waals surface area (Å²) in [5.41, 5.74) is 2.79. The zero-order valence-electron chi connectivity index (χ0n) is 16.3. The van der Waals surface area contributed by atoms with Crippen molar-refractivity contribution in [2.24, 2.45) is 0 Å². The third kappa shape index (κ3) is 3.63. The van der Waals surface area contributed by atoms with E-state index >= 15 is 0 Å². The van der Waals surface area contributed by atoms with Crippen LogP contribution in [0.3, 0.4) is 0 Å². The van der Waals surface area contributed by atoms with E-state index in [0.29, 0.717) is 28.7 Å². The minimum absolute atomic E-state index is 0.114. The van der Waals surface area contributed by atoms with Gasteiger partial charge in [0.15, 0.2) is 0 Å². The van der Waals surface area contributed by atoms with Crippen LogP contribution >= 0.6 is 0 Å². The van der Waals surface area contributed by atoms with Crippen LogP contribution in [-0.2, 0) is 17.8 Å². The average molecular weight is 392 g/mol. The number of aryl methyl sites for hydroxylation is 1. The summed E-state index contributed by atoms with van der Waals surface area (Å²) in [7, 11) is 0. The van der Waals surface area contributed by atoms with Gasteiger partial charge in [-0.1, -0.05) is 12.1 Å². The number of likely N-dealkylation sites (N-methyl/N-ethyl adjacent to an activating group) is 1. The number of aromatic nitrogens is 3. The fourth-order valence-corrected chi connectivity index (χ4v) is 3.61. The van der Waals surface area contributed by atoms with Gasteiger partial charge in [0.1, 0.15) is 11.6 Å². The summed E-state index contributed by atoms with van der Waals surface area (Å²) in [5.74, 6) is -0.0161. The highest BCUT2D eigenvalue weighted by atomic mass is 19.1. The molecule has 0 aliphatic carbocycles. The molecule has 0 radical (unpaired) electrons. The van der Waals surface area contributed by atoms with Gasteiger partial charge < -0.3 is 14.9 Å². The van der Waals surface area contributed by atoms with Crippen molar-refractivity contribution < 1.29 is 9.18 Å². The Hall–Kier alpha value is -3.48. The number of carbonyl (C=O) groups is 1. The topological polar surface area (TPSA) is 81.8 Å². The lowest BCUT2D eigenvalue weighted by Crippen LogP contribution is -2.33. The number of halogens is 1. The van der Waals surface area contributed by atoms with Crippen molar-refractivity contribution in [3.05, 3.63) is 75.7 Å². The van der Waals surface area contributed by atoms with E-state index in [2.05, 4.69) is 15.0 Å². The van der Waals surface area contributed by atoms with Crippen molar-refractivity contribution in [2.45, 2.75) is 26.8 Å². The number of hydrogen-bond acceptors (Lipinski definition) is 3. The van der Waals surface area contributed by atoms with E-state index in [0.717, 1.165) is 16.8 Å². The van der Waals surface area contributed by atoms with Crippen LogP contribution in [0, 0.1) is 12.7 Å². The Morgan fingerprint density at radius 3 is 2.72 bits per heavy atom. The molecule has 0 spiro atoms. The summed E-state index contributed by atoms with van der Waals surface area (Å²) in [4.78, 5) is 37.3. The summed E-state index contributed by atoms with van der Waals surface area (Å²) in [6.45, 7) is 4.41. The molecule has 0 fully saturated rings. The van der Waals surface area contributed by atoms with Gasteiger partial charge in [-0.3, -0.25) is 9.59 Å². The molecule has 0 aliphatic heterocycles. The first-order chi connectivity index (χ1) is 14.0. The third-order valence-corrected chi connectivity index (χ3v) is 5.15. The normalized spacial score (nSPS) is 11.3. The van der Waals surface area contributed by atoms with Gasteiger partial charge in [0, 0.05) is 23.1 Å². The molecule has 0 atom stereocenters. The van der Waals surface area contributed by atoms with Gasteiger partial charge in [0.2, 0.25) is 5.91 Å². The first kappa shape index (κ1) is 18.9. The molecule has 2 aromatic heterocycles. The zero-order chi connectivity index (χ0) is 20.5. The Labute approximate surface area is 166 Å². The number of amides is 1. The number of nitrogens with one attached hydrogen (secondary N) is 2. The molecule has 4 aromatic rings. The number of rotatable bonds is 5. The molecule has 29 heavy (non-hydrogen) atoms. The molecular formula is C22H21FN4O2. The second-order valence-corrected chi connectivity index (χ2v) is 7.03. The Balaban J connectivity index is 1.60. The fourth-order valence-electron chi connectivity index (χ4n) is 3.61. The second-order valence-electron chi connectivity index (χ2n) is 7.03. The minimum atomic E-state index is -0.338. The predicted octanol–water partition coefficient (Wildman–Crippen LogP) is 3.44. The van der Waals surface area contributed by atoms with E-state index < -0.39 is 0 Å². The summed E-state index contributed by atoms with van der Waals surface area (Å²) >= 11 is 0. The van der Waals surface area contributed by atoms with Crippen LogP contribution in [0.25, 0.3) is 21.8 Å². The van der Waals surface area contributed by atoms with Crippen molar-refractivity contribution in [1.82, 2.24) is 19.9 Å². The molecule has 0 aliphatic rings. The Morgan fingerprint density at radius 1 is 1.14 bits per heavy atom. The molecular weight excluding hydrogens is 371 g/mol. The lowest BCUT2D eigenvalue weighted by Gasteiger charge is -2.20. The van der Waals surface area contributed by atoms with Gasteiger partial charge >= 0.3 is 0 Å². The van der Waals surface area contributed by atoms with Crippen LogP contribution in [0.2, 0.25) is 0 Å². The second kappa shape index (κ2) is 7.50. The maximum absolute atomic E-state index is 13.7. The largest absolute Gasteiger partial charge is 0.358 e. The van der Waals surface area contributed by atoms with Gasteiger partial charge in [-0.05, 0) is 49.7 Å². The lowest BCUT2D eigenvalue weighted by atomic mass is 10.1. The molecule has 0 bridgehead atoms. The molecule has 2 heterocycles. The quantitative estimate of drug-likeness (QED) is 0.546. The molecule has 0 saturated carbocycles. The maximum atomic E-state index is 13.7. The SMILES string of the molecule is CCN(Cc1nc2ccccc2c(=O)[nH]1)C(=O)Cc1c(C)[nH]c2ccc(F)cc12. The zero-order valence-corrected chi connectivity index (χ0v) is 16.3. The van der Waals surface area contributed by atoms with E-state index in [1.807, 2.05) is 19.9 Å². The first-order valence-corrected chi connectivity index (χ1v) is 9.48. The number of carbonyl (C=O) groups excluding carboxylic acids is 1. The first-order valence-electron chi connectivity index (χ1n) is 9.48. The van der Waals surface area contributed by atoms with Crippen LogP contribution in [-0.4, -0.2) is 32.3 Å². The minimum Gasteiger partial charge on any atom is -0.358 e. The summed E-state index contributed by atoms with van der Waals surface area (Å²) in [6.07, 6.45) is 0.140. The van der Waals surface area contributed by atoms with Crippen molar-refractivity contribution in [3.8, 4) is 0 Å². The summed E-state index contributed by atoms with van der Waals surface area (Å²) in [6, 6.07) is 11.6. The molecule has 7 heteroatoms. The highest BCUT2D eigenvalue weighted by Gasteiger charge is 2.19.